The van der Waals surface area contributed by atoms with Gasteiger partial charge in [0.25, 0.3) is 0 Å². The van der Waals surface area contributed by atoms with E-state index in [4.69, 9.17) is 5.73 Å². The summed E-state index contributed by atoms with van der Waals surface area (Å²) in [6, 6.07) is 4.86. The number of nitrogens with two attached hydrogens (primary N) is 1. The minimum Gasteiger partial charge on any atom is -0.327 e. The zero-order valence-corrected chi connectivity index (χ0v) is 14.2. The van der Waals surface area contributed by atoms with Crippen LogP contribution >= 0.6 is 11.3 Å². The van der Waals surface area contributed by atoms with E-state index in [0.29, 0.717) is 12.0 Å². The number of rotatable bonds is 6. The fourth-order valence-electron chi connectivity index (χ4n) is 1.91. The van der Waals surface area contributed by atoms with Crippen molar-refractivity contribution in [2.24, 2.45) is 11.7 Å². The first-order valence-electron chi connectivity index (χ1n) is 7.23. The second kappa shape index (κ2) is 6.87. The quantitative estimate of drug-likeness (QED) is 0.858. The molecule has 2 N–H and O–H groups in total. The Kier molecular flexibility index (Phi) is 6.03. The van der Waals surface area contributed by atoms with Gasteiger partial charge in [-0.2, -0.15) is 0 Å². The van der Waals surface area contributed by atoms with Crippen molar-refractivity contribution < 1.29 is 0 Å². The number of hydrogen-bond donors (Lipinski definition) is 1. The van der Waals surface area contributed by atoms with Crippen molar-refractivity contribution in [2.75, 3.05) is 13.6 Å². The normalized spacial score (nSPS) is 14.4. The highest BCUT2D eigenvalue weighted by Gasteiger charge is 2.16. The maximum absolute atomic E-state index is 6.10. The van der Waals surface area contributed by atoms with Crippen LogP contribution in [0.15, 0.2) is 12.1 Å². The summed E-state index contributed by atoms with van der Waals surface area (Å²) in [6.45, 7) is 13.3. The van der Waals surface area contributed by atoms with E-state index < -0.39 is 0 Å². The number of nitrogens with zero attached hydrogens (tertiary/aromatic N) is 1. The summed E-state index contributed by atoms with van der Waals surface area (Å²) in [4.78, 5) is 5.29. The fourth-order valence-corrected chi connectivity index (χ4v) is 3.06. The zero-order valence-electron chi connectivity index (χ0n) is 13.4. The van der Waals surface area contributed by atoms with Crippen molar-refractivity contribution >= 4 is 11.3 Å². The lowest BCUT2D eigenvalue weighted by Crippen LogP contribution is -2.31. The summed E-state index contributed by atoms with van der Waals surface area (Å²) >= 11 is 1.94. The van der Waals surface area contributed by atoms with E-state index in [1.54, 1.807) is 0 Å². The first kappa shape index (κ1) is 16.7. The highest BCUT2D eigenvalue weighted by atomic mass is 32.1. The van der Waals surface area contributed by atoms with Gasteiger partial charge in [0.2, 0.25) is 0 Å². The largest absolute Gasteiger partial charge is 0.327 e. The molecule has 1 atom stereocenters. The molecule has 0 bridgehead atoms. The van der Waals surface area contributed by atoms with Crippen LogP contribution in [0.1, 0.15) is 50.8 Å². The van der Waals surface area contributed by atoms with Gasteiger partial charge in [0.1, 0.15) is 0 Å². The van der Waals surface area contributed by atoms with Crippen LogP contribution in [0.5, 0.6) is 0 Å². The maximum atomic E-state index is 6.10. The van der Waals surface area contributed by atoms with Gasteiger partial charge >= 0.3 is 0 Å². The molecule has 1 aromatic heterocycles. The second-order valence-electron chi connectivity index (χ2n) is 6.95. The zero-order chi connectivity index (χ0) is 14.6. The molecule has 0 saturated carbocycles. The molecule has 19 heavy (non-hydrogen) atoms. The standard InChI is InChI=1S/C16H30N2S/c1-12(2)14(17)9-10-18(6)11-13-7-8-15(19-13)16(3,4)5/h7-8,12,14H,9-11,17H2,1-6H3. The van der Waals surface area contributed by atoms with Gasteiger partial charge in [0.05, 0.1) is 0 Å². The molecule has 1 unspecified atom stereocenters. The second-order valence-corrected chi connectivity index (χ2v) is 8.12. The van der Waals surface area contributed by atoms with E-state index in [1.165, 1.54) is 9.75 Å². The Labute approximate surface area is 123 Å². The van der Waals surface area contributed by atoms with E-state index in [9.17, 15) is 0 Å². The lowest BCUT2D eigenvalue weighted by Gasteiger charge is -2.21. The number of thiophene rings is 1. The average Bonchev–Trinajstić information content (AvgIpc) is 2.73. The van der Waals surface area contributed by atoms with Crippen molar-refractivity contribution in [2.45, 2.75) is 59.0 Å². The van der Waals surface area contributed by atoms with Crippen LogP contribution in [-0.4, -0.2) is 24.5 Å². The molecule has 1 aromatic rings. The molecule has 1 rings (SSSR count). The van der Waals surface area contributed by atoms with Crippen LogP contribution in [0.3, 0.4) is 0 Å². The third-order valence-corrected chi connectivity index (χ3v) is 5.02. The molecule has 1 heterocycles. The summed E-state index contributed by atoms with van der Waals surface area (Å²) in [5.41, 5.74) is 6.36. The van der Waals surface area contributed by atoms with Gasteiger partial charge in [-0.25, -0.2) is 0 Å². The third-order valence-electron chi connectivity index (χ3n) is 3.53. The van der Waals surface area contributed by atoms with E-state index in [2.05, 4.69) is 58.7 Å². The average molecular weight is 282 g/mol. The van der Waals surface area contributed by atoms with Crippen molar-refractivity contribution in [1.29, 1.82) is 0 Å². The van der Waals surface area contributed by atoms with Crippen molar-refractivity contribution in [3.8, 4) is 0 Å². The van der Waals surface area contributed by atoms with E-state index in [-0.39, 0.29) is 5.41 Å². The molecule has 0 fully saturated rings. The third kappa shape index (κ3) is 5.64. The molecular weight excluding hydrogens is 252 g/mol. The molecule has 0 aliphatic rings. The topological polar surface area (TPSA) is 29.3 Å². The molecule has 2 nitrogen and oxygen atoms in total. The molecular formula is C16H30N2S. The first-order valence-corrected chi connectivity index (χ1v) is 8.05. The summed E-state index contributed by atoms with van der Waals surface area (Å²) in [6.07, 6.45) is 1.08. The van der Waals surface area contributed by atoms with Crippen LogP contribution in [0.2, 0.25) is 0 Å². The SMILES string of the molecule is CC(C)C(N)CCN(C)Cc1ccc(C(C)(C)C)s1. The lowest BCUT2D eigenvalue weighted by atomic mass is 9.95. The number of hydrogen-bond acceptors (Lipinski definition) is 3. The molecule has 110 valence electrons. The minimum atomic E-state index is 0.265. The van der Waals surface area contributed by atoms with Gasteiger partial charge in [-0.05, 0) is 43.5 Å². The molecule has 0 amide bonds. The Morgan fingerprint density at radius 3 is 2.37 bits per heavy atom. The lowest BCUT2D eigenvalue weighted by molar-refractivity contribution is 0.298. The highest BCUT2D eigenvalue weighted by Crippen LogP contribution is 2.29. The van der Waals surface area contributed by atoms with E-state index in [1.807, 2.05) is 11.3 Å². The summed E-state index contributed by atoms with van der Waals surface area (Å²) < 4.78 is 0. The first-order chi connectivity index (χ1) is 8.70. The molecule has 0 saturated heterocycles. The van der Waals surface area contributed by atoms with Crippen LogP contribution in [0.4, 0.5) is 0 Å². The van der Waals surface area contributed by atoms with Gasteiger partial charge in [-0.3, -0.25) is 0 Å². The van der Waals surface area contributed by atoms with Crippen LogP contribution < -0.4 is 5.73 Å². The Morgan fingerprint density at radius 2 is 1.89 bits per heavy atom. The molecule has 3 heteroatoms. The maximum Gasteiger partial charge on any atom is 0.0324 e. The van der Waals surface area contributed by atoms with E-state index in [0.717, 1.165) is 19.5 Å². The van der Waals surface area contributed by atoms with Crippen LogP contribution in [-0.2, 0) is 12.0 Å². The van der Waals surface area contributed by atoms with Crippen molar-refractivity contribution in [3.05, 3.63) is 21.9 Å². The Balaban J connectivity index is 2.44. The Bertz CT molecular complexity index is 376. The monoisotopic (exact) mass is 282 g/mol. The minimum absolute atomic E-state index is 0.265. The summed E-state index contributed by atoms with van der Waals surface area (Å²) in [5.74, 6) is 0.572. The molecule has 0 radical (unpaired) electrons. The van der Waals surface area contributed by atoms with Crippen LogP contribution in [0, 0.1) is 5.92 Å². The van der Waals surface area contributed by atoms with Gasteiger partial charge in [-0.1, -0.05) is 34.6 Å². The van der Waals surface area contributed by atoms with Crippen LogP contribution in [0.25, 0.3) is 0 Å². The van der Waals surface area contributed by atoms with Crippen molar-refractivity contribution in [1.82, 2.24) is 4.90 Å². The van der Waals surface area contributed by atoms with Gasteiger partial charge in [-0.15, -0.1) is 11.3 Å². The van der Waals surface area contributed by atoms with Gasteiger partial charge in [0, 0.05) is 22.3 Å². The molecule has 0 aromatic carbocycles. The molecule has 0 aliphatic heterocycles. The molecule has 0 aliphatic carbocycles. The van der Waals surface area contributed by atoms with E-state index >= 15 is 0 Å². The Morgan fingerprint density at radius 1 is 1.26 bits per heavy atom. The fraction of sp³-hybridized carbons (Fsp3) is 0.750. The molecule has 0 spiro atoms. The van der Waals surface area contributed by atoms with Gasteiger partial charge in [0.15, 0.2) is 0 Å². The predicted octanol–water partition coefficient (Wildman–Crippen LogP) is 3.85. The van der Waals surface area contributed by atoms with Gasteiger partial charge < -0.3 is 10.6 Å². The summed E-state index contributed by atoms with van der Waals surface area (Å²) in [7, 11) is 2.18. The predicted molar refractivity (Wildman–Crippen MR) is 86.8 cm³/mol. The smallest absolute Gasteiger partial charge is 0.0324 e. The Hall–Kier alpha value is -0.380. The van der Waals surface area contributed by atoms with Crippen molar-refractivity contribution in [3.63, 3.8) is 0 Å². The summed E-state index contributed by atoms with van der Waals surface area (Å²) in [5, 5.41) is 0. The highest BCUT2D eigenvalue weighted by molar-refractivity contribution is 7.12.